The van der Waals surface area contributed by atoms with Crippen LogP contribution < -0.4 is 5.32 Å². The Kier molecular flexibility index (Phi) is 6.58. The smallest absolute Gasteiger partial charge is 0.408 e. The monoisotopic (exact) mass is 318 g/mol. The molecule has 0 aliphatic carbocycles. The molecule has 1 atom stereocenters. The molecule has 1 aromatic carbocycles. The number of rotatable bonds is 5. The number of esters is 1. The number of hydrogen-bond donors (Lipinski definition) is 1. The third-order valence-electron chi connectivity index (χ3n) is 2.77. The lowest BCUT2D eigenvalue weighted by Crippen LogP contribution is -2.36. The number of alkyl carbamates (subject to hydrolysis) is 1. The van der Waals surface area contributed by atoms with Gasteiger partial charge in [-0.15, -0.1) is 0 Å². The van der Waals surface area contributed by atoms with Gasteiger partial charge in [-0.1, -0.05) is 24.3 Å². The number of carbonyl (C=O) groups excluding carboxylic acids is 2. The van der Waals surface area contributed by atoms with Crippen LogP contribution in [0.2, 0.25) is 0 Å². The molecule has 23 heavy (non-hydrogen) atoms. The summed E-state index contributed by atoms with van der Waals surface area (Å²) in [5.74, 6) is -0.429. The minimum atomic E-state index is -0.642. The minimum Gasteiger partial charge on any atom is -0.466 e. The second-order valence-corrected chi connectivity index (χ2v) is 5.91. The number of nitrogens with zero attached hydrogens (tertiary/aromatic N) is 1. The van der Waals surface area contributed by atoms with E-state index in [-0.39, 0.29) is 13.0 Å². The highest BCUT2D eigenvalue weighted by Gasteiger charge is 2.23. The first kappa shape index (κ1) is 18.5. The quantitative estimate of drug-likeness (QED) is 0.663. The van der Waals surface area contributed by atoms with Crippen LogP contribution in [0.5, 0.6) is 0 Å². The van der Waals surface area contributed by atoms with E-state index in [0.29, 0.717) is 11.3 Å². The molecular formula is C17H22N2O4. The van der Waals surface area contributed by atoms with Crippen molar-refractivity contribution in [1.29, 1.82) is 0 Å². The van der Waals surface area contributed by atoms with Gasteiger partial charge in [0.2, 0.25) is 0 Å². The van der Waals surface area contributed by atoms with E-state index in [1.165, 1.54) is 0 Å². The van der Waals surface area contributed by atoms with Crippen LogP contribution in [0.15, 0.2) is 24.3 Å². The number of nitrogens with one attached hydrogen (secondary N) is 1. The van der Waals surface area contributed by atoms with E-state index < -0.39 is 23.7 Å². The normalized spacial score (nSPS) is 12.0. The van der Waals surface area contributed by atoms with Gasteiger partial charge in [0.05, 0.1) is 25.6 Å². The molecule has 0 fully saturated rings. The second kappa shape index (κ2) is 8.18. The molecule has 1 aromatic rings. The number of amides is 1. The Hall–Kier alpha value is -2.55. The zero-order valence-corrected chi connectivity index (χ0v) is 13.9. The molecule has 1 rings (SSSR count). The predicted molar refractivity (Wildman–Crippen MR) is 86.1 cm³/mol. The lowest BCUT2D eigenvalue weighted by atomic mass is 10.0. The van der Waals surface area contributed by atoms with E-state index >= 15 is 0 Å². The Morgan fingerprint density at radius 3 is 2.61 bits per heavy atom. The van der Waals surface area contributed by atoms with Crippen LogP contribution in [0.25, 0.3) is 4.85 Å². The summed E-state index contributed by atoms with van der Waals surface area (Å²) in [5.41, 5.74) is 0.441. The van der Waals surface area contributed by atoms with E-state index in [2.05, 4.69) is 10.2 Å². The summed E-state index contributed by atoms with van der Waals surface area (Å²) in [6, 6.07) is 6.12. The first-order chi connectivity index (χ1) is 10.7. The van der Waals surface area contributed by atoms with Crippen molar-refractivity contribution in [2.75, 3.05) is 6.61 Å². The fourth-order valence-electron chi connectivity index (χ4n) is 1.90. The van der Waals surface area contributed by atoms with Gasteiger partial charge in [0.1, 0.15) is 5.60 Å². The summed E-state index contributed by atoms with van der Waals surface area (Å²) < 4.78 is 10.2. The topological polar surface area (TPSA) is 69.0 Å². The molecule has 0 radical (unpaired) electrons. The van der Waals surface area contributed by atoms with Crippen LogP contribution in [0.4, 0.5) is 10.5 Å². The van der Waals surface area contributed by atoms with Crippen LogP contribution in [0.1, 0.15) is 45.7 Å². The van der Waals surface area contributed by atoms with Crippen LogP contribution in [0, 0.1) is 6.57 Å². The summed E-state index contributed by atoms with van der Waals surface area (Å²) in [7, 11) is 0. The Bertz CT molecular complexity index is 599. The van der Waals surface area contributed by atoms with Gasteiger partial charge in [0.25, 0.3) is 0 Å². The van der Waals surface area contributed by atoms with E-state index in [9.17, 15) is 9.59 Å². The number of benzene rings is 1. The highest BCUT2D eigenvalue weighted by Crippen LogP contribution is 2.23. The minimum absolute atomic E-state index is 0.0332. The van der Waals surface area contributed by atoms with Crippen molar-refractivity contribution in [1.82, 2.24) is 5.32 Å². The number of hydrogen-bond acceptors (Lipinski definition) is 4. The zero-order valence-electron chi connectivity index (χ0n) is 13.9. The fraction of sp³-hybridized carbons (Fsp3) is 0.471. The van der Waals surface area contributed by atoms with Crippen molar-refractivity contribution in [2.45, 2.75) is 45.8 Å². The van der Waals surface area contributed by atoms with E-state index in [1.807, 2.05) is 0 Å². The molecule has 1 N–H and O–H groups in total. The molecule has 0 spiro atoms. The second-order valence-electron chi connectivity index (χ2n) is 5.91. The average molecular weight is 318 g/mol. The third kappa shape index (κ3) is 6.83. The largest absolute Gasteiger partial charge is 0.466 e. The Balaban J connectivity index is 2.95. The molecule has 0 bridgehead atoms. The van der Waals surface area contributed by atoms with Gasteiger partial charge in [-0.05, 0) is 33.3 Å². The maximum Gasteiger partial charge on any atom is 0.408 e. The predicted octanol–water partition coefficient (Wildman–Crippen LogP) is 3.76. The number of ether oxygens (including phenoxy) is 2. The molecule has 6 heteroatoms. The molecule has 0 unspecified atom stereocenters. The van der Waals surface area contributed by atoms with Gasteiger partial charge in [-0.3, -0.25) is 4.79 Å². The third-order valence-corrected chi connectivity index (χ3v) is 2.77. The lowest BCUT2D eigenvalue weighted by molar-refractivity contribution is -0.143. The zero-order chi connectivity index (χ0) is 17.5. The van der Waals surface area contributed by atoms with Gasteiger partial charge >= 0.3 is 12.1 Å². The van der Waals surface area contributed by atoms with Crippen molar-refractivity contribution in [3.8, 4) is 0 Å². The average Bonchev–Trinajstić information content (AvgIpc) is 2.45. The molecule has 1 amide bonds. The van der Waals surface area contributed by atoms with E-state index in [4.69, 9.17) is 16.0 Å². The maximum atomic E-state index is 12.0. The van der Waals surface area contributed by atoms with Crippen LogP contribution in [0.3, 0.4) is 0 Å². The summed E-state index contributed by atoms with van der Waals surface area (Å²) in [6.45, 7) is 14.3. The van der Waals surface area contributed by atoms with Gasteiger partial charge in [0.15, 0.2) is 5.69 Å². The molecule has 0 saturated carbocycles. The molecule has 0 heterocycles. The van der Waals surface area contributed by atoms with Gasteiger partial charge in [-0.2, -0.15) is 0 Å². The van der Waals surface area contributed by atoms with Crippen LogP contribution in [-0.4, -0.2) is 24.3 Å². The Labute approximate surface area is 136 Å². The summed E-state index contributed by atoms with van der Waals surface area (Å²) in [4.78, 5) is 27.1. The van der Waals surface area contributed by atoms with E-state index in [0.717, 1.165) is 0 Å². The molecule has 0 aliphatic heterocycles. The number of carbonyl (C=O) groups is 2. The SMILES string of the molecule is [C-]#[N+]c1cccc([C@H](CC(=O)OCC)NC(=O)OC(C)(C)C)c1. The van der Waals surface area contributed by atoms with E-state index in [1.54, 1.807) is 52.0 Å². The summed E-state index contributed by atoms with van der Waals surface area (Å²) >= 11 is 0. The fourth-order valence-corrected chi connectivity index (χ4v) is 1.90. The molecule has 6 nitrogen and oxygen atoms in total. The molecule has 124 valence electrons. The molecule has 0 aromatic heterocycles. The van der Waals surface area contributed by atoms with Crippen molar-refractivity contribution in [2.24, 2.45) is 0 Å². The van der Waals surface area contributed by atoms with Crippen LogP contribution in [-0.2, 0) is 14.3 Å². The molecule has 0 aliphatic rings. The summed E-state index contributed by atoms with van der Waals surface area (Å²) in [6.07, 6.45) is -0.658. The van der Waals surface area contributed by atoms with Crippen molar-refractivity contribution >= 4 is 17.7 Å². The van der Waals surface area contributed by atoms with Crippen molar-refractivity contribution in [3.63, 3.8) is 0 Å². The Morgan fingerprint density at radius 2 is 2.04 bits per heavy atom. The first-order valence-corrected chi connectivity index (χ1v) is 7.37. The van der Waals surface area contributed by atoms with Gasteiger partial charge in [-0.25, -0.2) is 9.64 Å². The highest BCUT2D eigenvalue weighted by molar-refractivity contribution is 5.73. The molecule has 0 saturated heterocycles. The van der Waals surface area contributed by atoms with Crippen molar-refractivity contribution in [3.05, 3.63) is 41.2 Å². The summed E-state index contributed by atoms with van der Waals surface area (Å²) in [5, 5.41) is 2.67. The highest BCUT2D eigenvalue weighted by atomic mass is 16.6. The lowest BCUT2D eigenvalue weighted by Gasteiger charge is -2.23. The Morgan fingerprint density at radius 1 is 1.35 bits per heavy atom. The maximum absolute atomic E-state index is 12.0. The van der Waals surface area contributed by atoms with Crippen LogP contribution >= 0.6 is 0 Å². The van der Waals surface area contributed by atoms with Gasteiger partial charge < -0.3 is 14.8 Å². The standard InChI is InChI=1S/C17H22N2O4/c1-6-22-15(20)11-14(19-16(21)23-17(2,3)4)12-8-7-9-13(10-12)18-5/h7-10,14H,6,11H2,1-4H3,(H,19,21)/t14-/m0/s1. The van der Waals surface area contributed by atoms with Gasteiger partial charge in [0, 0.05) is 0 Å². The molecular weight excluding hydrogens is 296 g/mol. The first-order valence-electron chi connectivity index (χ1n) is 7.37. The van der Waals surface area contributed by atoms with Crippen molar-refractivity contribution < 1.29 is 19.1 Å².